The second kappa shape index (κ2) is 4.45. The monoisotopic (exact) mass is 214 g/mol. The average molecular weight is 214 g/mol. The van der Waals surface area contributed by atoms with Crippen LogP contribution in [0, 0.1) is 18.3 Å². The number of pyridine rings is 1. The Balaban J connectivity index is 2.02. The molecule has 2 heterocycles. The molecule has 80 valence electrons. The quantitative estimate of drug-likeness (QED) is 0.844. The number of nitrogens with one attached hydrogen (secondary N) is 1. The third-order valence-corrected chi connectivity index (χ3v) is 2.01. The molecule has 0 amide bonds. The molecule has 2 aromatic rings. The largest absolute Gasteiger partial charge is 0.363 e. The van der Waals surface area contributed by atoms with E-state index >= 15 is 0 Å². The highest BCUT2D eigenvalue weighted by Crippen LogP contribution is 2.08. The first-order valence-electron chi connectivity index (χ1n) is 4.80. The normalized spacial score (nSPS) is 9.75. The molecular formula is C11H10N4O. The van der Waals surface area contributed by atoms with Gasteiger partial charge in [0.2, 0.25) is 0 Å². The fourth-order valence-electron chi connectivity index (χ4n) is 1.27. The standard InChI is InChI=1S/C11H10N4O/c1-8-4-10(16-15-8)7-14-11-5-9(6-12)2-3-13-11/h2-5H,7H2,1H3,(H,13,14). The summed E-state index contributed by atoms with van der Waals surface area (Å²) in [6, 6.07) is 7.24. The Morgan fingerprint density at radius 2 is 2.38 bits per heavy atom. The number of anilines is 1. The summed E-state index contributed by atoms with van der Waals surface area (Å²) in [5, 5.41) is 15.5. The SMILES string of the molecule is Cc1cc(CNc2cc(C#N)ccn2)on1. The van der Waals surface area contributed by atoms with Crippen molar-refractivity contribution in [2.75, 3.05) is 5.32 Å². The van der Waals surface area contributed by atoms with Crippen LogP contribution in [0.25, 0.3) is 0 Å². The summed E-state index contributed by atoms with van der Waals surface area (Å²) >= 11 is 0. The van der Waals surface area contributed by atoms with Gasteiger partial charge >= 0.3 is 0 Å². The van der Waals surface area contributed by atoms with E-state index in [0.29, 0.717) is 17.9 Å². The van der Waals surface area contributed by atoms with Crippen molar-refractivity contribution in [3.05, 3.63) is 41.4 Å². The molecule has 0 aromatic carbocycles. The van der Waals surface area contributed by atoms with Crippen molar-refractivity contribution in [3.8, 4) is 6.07 Å². The summed E-state index contributed by atoms with van der Waals surface area (Å²) in [6.45, 7) is 2.37. The molecule has 5 heteroatoms. The number of hydrogen-bond donors (Lipinski definition) is 1. The van der Waals surface area contributed by atoms with Gasteiger partial charge in [0.1, 0.15) is 5.82 Å². The second-order valence-corrected chi connectivity index (χ2v) is 3.33. The summed E-state index contributed by atoms with van der Waals surface area (Å²) < 4.78 is 5.04. The van der Waals surface area contributed by atoms with Crippen molar-refractivity contribution in [1.82, 2.24) is 10.1 Å². The van der Waals surface area contributed by atoms with Crippen LogP contribution in [0.1, 0.15) is 17.0 Å². The van der Waals surface area contributed by atoms with Gasteiger partial charge in [0, 0.05) is 12.3 Å². The minimum Gasteiger partial charge on any atom is -0.363 e. The summed E-state index contributed by atoms with van der Waals surface area (Å²) in [5.41, 5.74) is 1.42. The number of aromatic nitrogens is 2. The topological polar surface area (TPSA) is 74.7 Å². The molecule has 0 radical (unpaired) electrons. The van der Waals surface area contributed by atoms with Crippen molar-refractivity contribution in [3.63, 3.8) is 0 Å². The van der Waals surface area contributed by atoms with Crippen molar-refractivity contribution >= 4 is 5.82 Å². The second-order valence-electron chi connectivity index (χ2n) is 3.33. The van der Waals surface area contributed by atoms with Crippen LogP contribution in [0.4, 0.5) is 5.82 Å². The molecule has 0 spiro atoms. The lowest BCUT2D eigenvalue weighted by Gasteiger charge is -2.01. The van der Waals surface area contributed by atoms with E-state index < -0.39 is 0 Å². The first-order chi connectivity index (χ1) is 7.78. The van der Waals surface area contributed by atoms with E-state index in [1.165, 1.54) is 0 Å². The van der Waals surface area contributed by atoms with Gasteiger partial charge in [0.15, 0.2) is 5.76 Å². The van der Waals surface area contributed by atoms with Crippen molar-refractivity contribution in [2.24, 2.45) is 0 Å². The molecule has 0 unspecified atom stereocenters. The number of nitriles is 1. The highest BCUT2D eigenvalue weighted by molar-refractivity contribution is 5.42. The Morgan fingerprint density at radius 3 is 3.06 bits per heavy atom. The Morgan fingerprint density at radius 1 is 1.50 bits per heavy atom. The van der Waals surface area contributed by atoms with E-state index in [0.717, 1.165) is 11.5 Å². The van der Waals surface area contributed by atoms with Gasteiger partial charge in [-0.1, -0.05) is 5.16 Å². The fraction of sp³-hybridized carbons (Fsp3) is 0.182. The number of nitrogens with zero attached hydrogens (tertiary/aromatic N) is 3. The van der Waals surface area contributed by atoms with Crippen LogP contribution >= 0.6 is 0 Å². The number of hydrogen-bond acceptors (Lipinski definition) is 5. The highest BCUT2D eigenvalue weighted by atomic mass is 16.5. The Kier molecular flexibility index (Phi) is 2.83. The van der Waals surface area contributed by atoms with Crippen LogP contribution in [-0.4, -0.2) is 10.1 Å². The first-order valence-corrected chi connectivity index (χ1v) is 4.80. The molecule has 2 rings (SSSR count). The Bertz CT molecular complexity index is 527. The van der Waals surface area contributed by atoms with Crippen LogP contribution in [0.15, 0.2) is 28.9 Å². The Hall–Kier alpha value is -2.35. The molecule has 0 atom stereocenters. The van der Waals surface area contributed by atoms with Crippen molar-refractivity contribution in [1.29, 1.82) is 5.26 Å². The lowest BCUT2D eigenvalue weighted by molar-refractivity contribution is 0.384. The van der Waals surface area contributed by atoms with E-state index in [4.69, 9.17) is 9.78 Å². The molecule has 0 aliphatic carbocycles. The van der Waals surface area contributed by atoms with E-state index in [-0.39, 0.29) is 0 Å². The molecule has 0 bridgehead atoms. The summed E-state index contributed by atoms with van der Waals surface area (Å²) in [5.74, 6) is 1.38. The number of aryl methyl sites for hydroxylation is 1. The Labute approximate surface area is 92.7 Å². The van der Waals surface area contributed by atoms with Crippen molar-refractivity contribution in [2.45, 2.75) is 13.5 Å². The molecule has 2 aromatic heterocycles. The summed E-state index contributed by atoms with van der Waals surface area (Å²) in [6.07, 6.45) is 1.59. The van der Waals surface area contributed by atoms with Gasteiger partial charge in [0.25, 0.3) is 0 Å². The zero-order valence-corrected chi connectivity index (χ0v) is 8.77. The molecule has 5 nitrogen and oxygen atoms in total. The summed E-state index contributed by atoms with van der Waals surface area (Å²) in [7, 11) is 0. The van der Waals surface area contributed by atoms with Crippen LogP contribution in [0.2, 0.25) is 0 Å². The van der Waals surface area contributed by atoms with Crippen LogP contribution < -0.4 is 5.32 Å². The van der Waals surface area contributed by atoms with Gasteiger partial charge < -0.3 is 9.84 Å². The molecule has 0 fully saturated rings. The molecule has 0 saturated carbocycles. The van der Waals surface area contributed by atoms with Gasteiger partial charge in [-0.2, -0.15) is 5.26 Å². The zero-order chi connectivity index (χ0) is 11.4. The first kappa shape index (κ1) is 10.2. The third kappa shape index (κ3) is 2.36. The molecule has 1 N–H and O–H groups in total. The smallest absolute Gasteiger partial charge is 0.156 e. The predicted molar refractivity (Wildman–Crippen MR) is 57.5 cm³/mol. The van der Waals surface area contributed by atoms with Crippen LogP contribution in [0.3, 0.4) is 0 Å². The van der Waals surface area contributed by atoms with E-state index in [9.17, 15) is 0 Å². The van der Waals surface area contributed by atoms with Gasteiger partial charge in [-0.05, 0) is 19.1 Å². The van der Waals surface area contributed by atoms with E-state index in [1.807, 2.05) is 13.0 Å². The molecular weight excluding hydrogens is 204 g/mol. The zero-order valence-electron chi connectivity index (χ0n) is 8.77. The van der Waals surface area contributed by atoms with Gasteiger partial charge in [0.05, 0.1) is 23.9 Å². The average Bonchev–Trinajstić information content (AvgIpc) is 2.73. The highest BCUT2D eigenvalue weighted by Gasteiger charge is 2.01. The van der Waals surface area contributed by atoms with Crippen molar-refractivity contribution < 1.29 is 4.52 Å². The maximum Gasteiger partial charge on any atom is 0.156 e. The van der Waals surface area contributed by atoms with Gasteiger partial charge in [-0.25, -0.2) is 4.98 Å². The molecule has 16 heavy (non-hydrogen) atoms. The minimum atomic E-state index is 0.503. The maximum absolute atomic E-state index is 8.72. The number of rotatable bonds is 3. The van der Waals surface area contributed by atoms with Crippen LogP contribution in [-0.2, 0) is 6.54 Å². The lowest BCUT2D eigenvalue weighted by atomic mass is 10.3. The van der Waals surface area contributed by atoms with E-state index in [1.54, 1.807) is 18.3 Å². The fourth-order valence-corrected chi connectivity index (χ4v) is 1.27. The molecule has 0 aliphatic rings. The maximum atomic E-state index is 8.72. The summed E-state index contributed by atoms with van der Waals surface area (Å²) in [4.78, 5) is 4.08. The molecule has 0 saturated heterocycles. The van der Waals surface area contributed by atoms with Gasteiger partial charge in [-0.15, -0.1) is 0 Å². The predicted octanol–water partition coefficient (Wildman–Crippen LogP) is 1.86. The van der Waals surface area contributed by atoms with E-state index in [2.05, 4.69) is 21.5 Å². The lowest BCUT2D eigenvalue weighted by Crippen LogP contribution is -2.00. The van der Waals surface area contributed by atoms with Gasteiger partial charge in [-0.3, -0.25) is 0 Å². The third-order valence-electron chi connectivity index (χ3n) is 2.01. The molecule has 0 aliphatic heterocycles. The van der Waals surface area contributed by atoms with Crippen LogP contribution in [0.5, 0.6) is 0 Å². The minimum absolute atomic E-state index is 0.503.